The highest BCUT2D eigenvalue weighted by Crippen LogP contribution is 2.48. The van der Waals surface area contributed by atoms with Gasteiger partial charge in [-0.25, -0.2) is 4.79 Å². The fraction of sp³-hybridized carbons (Fsp3) is 0.391. The molecule has 2 amide bonds. The topological polar surface area (TPSA) is 85.4 Å². The van der Waals surface area contributed by atoms with Gasteiger partial charge in [0, 0.05) is 48.2 Å². The van der Waals surface area contributed by atoms with Crippen molar-refractivity contribution in [2.45, 2.75) is 16.7 Å². The van der Waals surface area contributed by atoms with Gasteiger partial charge in [0.15, 0.2) is 0 Å². The number of carbonyl (C=O) groups excluding carboxylic acids is 2. The number of rotatable bonds is 6. The maximum atomic E-state index is 13.5. The number of aliphatic hydroxyl groups is 1. The maximum Gasteiger partial charge on any atom is 0.411 e. The minimum absolute atomic E-state index is 0.0112. The van der Waals surface area contributed by atoms with E-state index in [4.69, 9.17) is 9.84 Å². The third kappa shape index (κ3) is 5.07. The van der Waals surface area contributed by atoms with Gasteiger partial charge in [-0.2, -0.15) is 0 Å². The predicted molar refractivity (Wildman–Crippen MR) is 125 cm³/mol. The number of para-hydroxylation sites is 1. The first-order valence-corrected chi connectivity index (χ1v) is 11.6. The Hall–Kier alpha value is -2.59. The molecule has 0 aliphatic carbocycles. The van der Waals surface area contributed by atoms with E-state index in [0.717, 1.165) is 47.3 Å². The molecule has 0 bridgehead atoms. The Balaban J connectivity index is 1.57. The standard InChI is InChI=1S/C23H28N4O4S/c1-2-31-23(30)24-17-7-8-21-19(15-17)27(18-5-3-4-6-20(18)32-21)22(29)16-26-11-9-25(10-12-26)13-14-28/h3-8,15,28H,2,9-14,16H2,1H3,(H,24,30). The van der Waals surface area contributed by atoms with Gasteiger partial charge in [0.05, 0.1) is 31.1 Å². The molecule has 0 spiro atoms. The highest BCUT2D eigenvalue weighted by molar-refractivity contribution is 7.99. The SMILES string of the molecule is CCOC(=O)Nc1ccc2c(c1)N(C(=O)CN1CCN(CCO)CC1)c1ccccc1S2. The summed E-state index contributed by atoms with van der Waals surface area (Å²) in [5, 5.41) is 11.9. The summed E-state index contributed by atoms with van der Waals surface area (Å²) in [5.74, 6) is -0.0112. The fourth-order valence-corrected chi connectivity index (χ4v) is 5.00. The molecule has 0 saturated carbocycles. The van der Waals surface area contributed by atoms with E-state index in [9.17, 15) is 9.59 Å². The van der Waals surface area contributed by atoms with Gasteiger partial charge in [-0.15, -0.1) is 0 Å². The smallest absolute Gasteiger partial charge is 0.411 e. The zero-order chi connectivity index (χ0) is 22.5. The average molecular weight is 457 g/mol. The van der Waals surface area contributed by atoms with Crippen LogP contribution in [0.4, 0.5) is 21.9 Å². The Kier molecular flexibility index (Phi) is 7.31. The molecule has 2 heterocycles. The molecule has 4 rings (SSSR count). The van der Waals surface area contributed by atoms with Crippen LogP contribution in [0.5, 0.6) is 0 Å². The average Bonchev–Trinajstić information content (AvgIpc) is 2.79. The Morgan fingerprint density at radius 3 is 2.50 bits per heavy atom. The monoisotopic (exact) mass is 456 g/mol. The van der Waals surface area contributed by atoms with E-state index < -0.39 is 6.09 Å². The zero-order valence-electron chi connectivity index (χ0n) is 18.1. The first-order valence-electron chi connectivity index (χ1n) is 10.8. The molecule has 1 saturated heterocycles. The van der Waals surface area contributed by atoms with E-state index in [2.05, 4.69) is 15.1 Å². The van der Waals surface area contributed by atoms with Crippen molar-refractivity contribution in [3.63, 3.8) is 0 Å². The Morgan fingerprint density at radius 1 is 1.03 bits per heavy atom. The van der Waals surface area contributed by atoms with E-state index in [0.29, 0.717) is 18.8 Å². The van der Waals surface area contributed by atoms with Gasteiger partial charge in [-0.05, 0) is 37.3 Å². The minimum atomic E-state index is -0.519. The number of anilines is 3. The first-order chi connectivity index (χ1) is 15.6. The van der Waals surface area contributed by atoms with Crippen molar-refractivity contribution < 1.29 is 19.4 Å². The molecule has 9 heteroatoms. The number of hydrogen-bond acceptors (Lipinski definition) is 7. The van der Waals surface area contributed by atoms with Gasteiger partial charge in [-0.3, -0.25) is 24.8 Å². The second-order valence-corrected chi connectivity index (χ2v) is 8.75. The molecule has 0 atom stereocenters. The fourth-order valence-electron chi connectivity index (χ4n) is 3.96. The zero-order valence-corrected chi connectivity index (χ0v) is 18.9. The molecule has 2 aliphatic rings. The van der Waals surface area contributed by atoms with Crippen LogP contribution in [0.3, 0.4) is 0 Å². The molecule has 2 aromatic carbocycles. The molecule has 170 valence electrons. The third-order valence-electron chi connectivity index (χ3n) is 5.54. The predicted octanol–water partition coefficient (Wildman–Crippen LogP) is 2.99. The Bertz CT molecular complexity index is 978. The summed E-state index contributed by atoms with van der Waals surface area (Å²) < 4.78 is 4.98. The molecule has 0 radical (unpaired) electrons. The van der Waals surface area contributed by atoms with Crippen molar-refractivity contribution >= 4 is 40.8 Å². The lowest BCUT2D eigenvalue weighted by atomic mass is 10.2. The van der Waals surface area contributed by atoms with Gasteiger partial charge in [0.2, 0.25) is 5.91 Å². The van der Waals surface area contributed by atoms with Crippen LogP contribution in [0.25, 0.3) is 0 Å². The maximum absolute atomic E-state index is 13.5. The Labute approximate surface area is 192 Å². The summed E-state index contributed by atoms with van der Waals surface area (Å²) in [7, 11) is 0. The lowest BCUT2D eigenvalue weighted by molar-refractivity contribution is -0.119. The number of carbonyl (C=O) groups is 2. The van der Waals surface area contributed by atoms with Crippen molar-refractivity contribution in [3.8, 4) is 0 Å². The summed E-state index contributed by atoms with van der Waals surface area (Å²) in [6, 6.07) is 13.4. The lowest BCUT2D eigenvalue weighted by Crippen LogP contribution is -2.50. The molecular formula is C23H28N4O4S. The van der Waals surface area contributed by atoms with Crippen LogP contribution in [0.15, 0.2) is 52.3 Å². The molecule has 2 aromatic rings. The molecule has 0 unspecified atom stereocenters. The van der Waals surface area contributed by atoms with Crippen molar-refractivity contribution in [2.75, 3.05) is 62.7 Å². The van der Waals surface area contributed by atoms with Crippen LogP contribution < -0.4 is 10.2 Å². The number of nitrogens with one attached hydrogen (secondary N) is 1. The largest absolute Gasteiger partial charge is 0.450 e. The van der Waals surface area contributed by atoms with Crippen LogP contribution in [0.2, 0.25) is 0 Å². The van der Waals surface area contributed by atoms with Crippen LogP contribution in [-0.4, -0.2) is 79.4 Å². The van der Waals surface area contributed by atoms with Crippen LogP contribution >= 0.6 is 11.8 Å². The number of hydrogen-bond donors (Lipinski definition) is 2. The summed E-state index contributed by atoms with van der Waals surface area (Å²) in [6.45, 7) is 6.42. The van der Waals surface area contributed by atoms with Gasteiger partial charge in [-0.1, -0.05) is 23.9 Å². The number of piperazine rings is 1. The second kappa shape index (κ2) is 10.4. The Morgan fingerprint density at radius 2 is 1.75 bits per heavy atom. The molecule has 1 fully saturated rings. The van der Waals surface area contributed by atoms with Gasteiger partial charge < -0.3 is 9.84 Å². The highest BCUT2D eigenvalue weighted by atomic mass is 32.2. The summed E-state index contributed by atoms with van der Waals surface area (Å²) >= 11 is 1.61. The van der Waals surface area contributed by atoms with E-state index in [1.54, 1.807) is 23.6 Å². The van der Waals surface area contributed by atoms with E-state index in [1.165, 1.54) is 0 Å². The van der Waals surface area contributed by atoms with Crippen molar-refractivity contribution in [1.29, 1.82) is 0 Å². The summed E-state index contributed by atoms with van der Waals surface area (Å²) in [4.78, 5) is 33.5. The first kappa shape index (κ1) is 22.6. The molecule has 8 nitrogen and oxygen atoms in total. The number of amides is 2. The summed E-state index contributed by atoms with van der Waals surface area (Å²) in [5.41, 5.74) is 2.19. The third-order valence-corrected chi connectivity index (χ3v) is 6.67. The molecule has 32 heavy (non-hydrogen) atoms. The number of β-amino-alcohol motifs (C(OH)–C–C–N with tert-alkyl or cyclic N) is 1. The van der Waals surface area contributed by atoms with Crippen LogP contribution in [0, 0.1) is 0 Å². The van der Waals surface area contributed by atoms with Crippen molar-refractivity contribution in [1.82, 2.24) is 9.80 Å². The number of nitrogens with zero attached hydrogens (tertiary/aromatic N) is 3. The van der Waals surface area contributed by atoms with Crippen LogP contribution in [-0.2, 0) is 9.53 Å². The molecule has 0 aromatic heterocycles. The van der Waals surface area contributed by atoms with E-state index in [-0.39, 0.29) is 19.1 Å². The van der Waals surface area contributed by atoms with Gasteiger partial charge in [0.1, 0.15) is 0 Å². The number of ether oxygens (including phenoxy) is 1. The highest BCUT2D eigenvalue weighted by Gasteiger charge is 2.30. The van der Waals surface area contributed by atoms with Crippen LogP contribution in [0.1, 0.15) is 6.92 Å². The number of benzene rings is 2. The quantitative estimate of drug-likeness (QED) is 0.691. The molecule has 2 aliphatic heterocycles. The van der Waals surface area contributed by atoms with Crippen molar-refractivity contribution in [3.05, 3.63) is 42.5 Å². The van der Waals surface area contributed by atoms with Crippen molar-refractivity contribution in [2.24, 2.45) is 0 Å². The lowest BCUT2D eigenvalue weighted by Gasteiger charge is -2.36. The minimum Gasteiger partial charge on any atom is -0.450 e. The normalized spacial score (nSPS) is 16.2. The van der Waals surface area contributed by atoms with Gasteiger partial charge >= 0.3 is 6.09 Å². The van der Waals surface area contributed by atoms with Gasteiger partial charge in [0.25, 0.3) is 0 Å². The number of fused-ring (bicyclic) bond motifs is 2. The number of aliphatic hydroxyl groups excluding tert-OH is 1. The summed E-state index contributed by atoms with van der Waals surface area (Å²) in [6.07, 6.45) is -0.519. The molecule has 2 N–H and O–H groups in total. The van der Waals surface area contributed by atoms with E-state index in [1.807, 2.05) is 42.5 Å². The van der Waals surface area contributed by atoms with E-state index >= 15 is 0 Å². The second-order valence-electron chi connectivity index (χ2n) is 7.67. The molecular weight excluding hydrogens is 428 g/mol.